The molecule has 1 atom stereocenters. The zero-order valence-electron chi connectivity index (χ0n) is 10.3. The van der Waals surface area contributed by atoms with Crippen molar-refractivity contribution in [2.75, 3.05) is 5.32 Å². The van der Waals surface area contributed by atoms with Gasteiger partial charge in [0.25, 0.3) is 0 Å². The number of fused-ring (bicyclic) bond motifs is 1. The van der Waals surface area contributed by atoms with Crippen molar-refractivity contribution in [2.45, 2.75) is 38.8 Å². The molecule has 0 aromatic carbocycles. The summed E-state index contributed by atoms with van der Waals surface area (Å²) in [5.41, 5.74) is 1.45. The lowest BCUT2D eigenvalue weighted by Crippen LogP contribution is -2.16. The number of anilines is 1. The number of aromatic nitrogens is 2. The molecule has 96 valence electrons. The lowest BCUT2D eigenvalue weighted by molar-refractivity contribution is 0.601. The van der Waals surface area contributed by atoms with Crippen molar-refractivity contribution in [3.05, 3.63) is 32.6 Å². The van der Waals surface area contributed by atoms with Gasteiger partial charge in [0.15, 0.2) is 0 Å². The predicted octanol–water partition coefficient (Wildman–Crippen LogP) is 4.22. The fourth-order valence-electron chi connectivity index (χ4n) is 2.46. The van der Waals surface area contributed by atoms with Crippen LogP contribution >= 0.6 is 27.3 Å². The monoisotopic (exact) mass is 325 g/mol. The van der Waals surface area contributed by atoms with Gasteiger partial charge >= 0.3 is 0 Å². The molecule has 0 bridgehead atoms. The molecule has 1 aliphatic carbocycles. The average molecular weight is 326 g/mol. The predicted molar refractivity (Wildman–Crippen MR) is 79.2 cm³/mol. The van der Waals surface area contributed by atoms with Crippen LogP contribution in [0.15, 0.2) is 22.1 Å². The van der Waals surface area contributed by atoms with Crippen LogP contribution in [-0.4, -0.2) is 9.78 Å². The molecule has 1 aliphatic rings. The molecule has 3 nitrogen and oxygen atoms in total. The van der Waals surface area contributed by atoms with E-state index in [0.29, 0.717) is 6.04 Å². The minimum Gasteiger partial charge on any atom is -0.362 e. The molecule has 1 unspecified atom stereocenters. The summed E-state index contributed by atoms with van der Waals surface area (Å²) in [5.74, 6) is 0.983. The van der Waals surface area contributed by atoms with Crippen molar-refractivity contribution in [2.24, 2.45) is 0 Å². The van der Waals surface area contributed by atoms with Crippen molar-refractivity contribution in [3.8, 4) is 0 Å². The number of aryl methyl sites for hydroxylation is 2. The Morgan fingerprint density at radius 2 is 2.50 bits per heavy atom. The number of halogens is 1. The van der Waals surface area contributed by atoms with E-state index in [0.717, 1.165) is 12.4 Å². The molecule has 1 N–H and O–H groups in total. The van der Waals surface area contributed by atoms with Gasteiger partial charge in [-0.05, 0) is 53.7 Å². The van der Waals surface area contributed by atoms with E-state index in [1.54, 1.807) is 0 Å². The second-order valence-corrected chi connectivity index (χ2v) is 7.09. The Morgan fingerprint density at radius 1 is 1.61 bits per heavy atom. The number of nitrogens with zero attached hydrogens (tertiary/aromatic N) is 2. The summed E-state index contributed by atoms with van der Waals surface area (Å²) in [7, 11) is 0. The summed E-state index contributed by atoms with van der Waals surface area (Å²) in [4.78, 5) is 1.51. The van der Waals surface area contributed by atoms with Crippen LogP contribution in [0.5, 0.6) is 0 Å². The number of thiophene rings is 1. The van der Waals surface area contributed by atoms with Gasteiger partial charge in [-0.25, -0.2) is 0 Å². The smallest absolute Gasteiger partial charge is 0.148 e. The molecule has 18 heavy (non-hydrogen) atoms. The van der Waals surface area contributed by atoms with Crippen molar-refractivity contribution in [1.82, 2.24) is 9.78 Å². The molecule has 0 aliphatic heterocycles. The first kappa shape index (κ1) is 12.2. The van der Waals surface area contributed by atoms with E-state index in [9.17, 15) is 0 Å². The first-order valence-electron chi connectivity index (χ1n) is 6.34. The maximum absolute atomic E-state index is 4.50. The van der Waals surface area contributed by atoms with Crippen LogP contribution in [-0.2, 0) is 13.0 Å². The summed E-state index contributed by atoms with van der Waals surface area (Å²) >= 11 is 5.46. The van der Waals surface area contributed by atoms with Gasteiger partial charge in [0.2, 0.25) is 0 Å². The largest absolute Gasteiger partial charge is 0.362 e. The molecule has 2 heterocycles. The lowest BCUT2D eigenvalue weighted by atomic mass is 9.94. The third-order valence-corrected chi connectivity index (χ3v) is 5.08. The Balaban J connectivity index is 1.81. The highest BCUT2D eigenvalue weighted by atomic mass is 79.9. The number of hydrogen-bond acceptors (Lipinski definition) is 3. The number of nitrogens with one attached hydrogen (secondary N) is 1. The topological polar surface area (TPSA) is 29.9 Å². The molecule has 2 aromatic rings. The molecular formula is C13H16BrN3S. The van der Waals surface area contributed by atoms with E-state index in [1.165, 1.54) is 33.5 Å². The Hall–Kier alpha value is -0.810. The molecule has 3 rings (SSSR count). The first-order valence-corrected chi connectivity index (χ1v) is 7.95. The van der Waals surface area contributed by atoms with Gasteiger partial charge in [-0.1, -0.05) is 0 Å². The molecule has 0 spiro atoms. The molecule has 0 saturated carbocycles. The van der Waals surface area contributed by atoms with Gasteiger partial charge in [-0.2, -0.15) is 5.10 Å². The zero-order chi connectivity index (χ0) is 12.5. The summed E-state index contributed by atoms with van der Waals surface area (Å²) in [5, 5.41) is 8.06. The quantitative estimate of drug-likeness (QED) is 0.915. The van der Waals surface area contributed by atoms with Crippen molar-refractivity contribution < 1.29 is 0 Å². The van der Waals surface area contributed by atoms with Gasteiger partial charge in [0, 0.05) is 23.7 Å². The Morgan fingerprint density at radius 3 is 3.28 bits per heavy atom. The van der Waals surface area contributed by atoms with E-state index in [4.69, 9.17) is 0 Å². The summed E-state index contributed by atoms with van der Waals surface area (Å²) in [6.45, 7) is 3.02. The molecule has 0 amide bonds. The van der Waals surface area contributed by atoms with Crippen LogP contribution in [0.1, 0.15) is 36.2 Å². The fraction of sp³-hybridized carbons (Fsp3) is 0.462. The SMILES string of the molecule is CCn1ccc(NC2CCCc3sc(Br)cc32)n1. The van der Waals surface area contributed by atoms with E-state index >= 15 is 0 Å². The molecule has 2 aromatic heterocycles. The normalized spacial score (nSPS) is 18.7. The summed E-state index contributed by atoms with van der Waals surface area (Å²) < 4.78 is 3.19. The van der Waals surface area contributed by atoms with Gasteiger partial charge in [0.1, 0.15) is 5.82 Å². The summed E-state index contributed by atoms with van der Waals surface area (Å²) in [6, 6.07) is 4.73. The van der Waals surface area contributed by atoms with Crippen LogP contribution in [0, 0.1) is 0 Å². The van der Waals surface area contributed by atoms with Crippen LogP contribution < -0.4 is 5.32 Å². The van der Waals surface area contributed by atoms with Crippen LogP contribution in [0.4, 0.5) is 5.82 Å². The van der Waals surface area contributed by atoms with E-state index in [1.807, 2.05) is 22.2 Å². The van der Waals surface area contributed by atoms with Crippen LogP contribution in [0.25, 0.3) is 0 Å². The van der Waals surface area contributed by atoms with Crippen molar-refractivity contribution in [3.63, 3.8) is 0 Å². The number of rotatable bonds is 3. The highest BCUT2D eigenvalue weighted by Crippen LogP contribution is 2.39. The Bertz CT molecular complexity index is 546. The van der Waals surface area contributed by atoms with E-state index < -0.39 is 0 Å². The molecular weight excluding hydrogens is 310 g/mol. The van der Waals surface area contributed by atoms with Gasteiger partial charge in [0.05, 0.1) is 9.83 Å². The molecule has 0 saturated heterocycles. The highest BCUT2D eigenvalue weighted by Gasteiger charge is 2.22. The van der Waals surface area contributed by atoms with Crippen LogP contribution in [0.3, 0.4) is 0 Å². The summed E-state index contributed by atoms with van der Waals surface area (Å²) in [6.07, 6.45) is 5.68. The Labute approximate surface area is 119 Å². The maximum Gasteiger partial charge on any atom is 0.148 e. The third-order valence-electron chi connectivity index (χ3n) is 3.37. The van der Waals surface area contributed by atoms with Gasteiger partial charge < -0.3 is 5.32 Å². The second-order valence-electron chi connectivity index (χ2n) is 4.57. The minimum atomic E-state index is 0.413. The second kappa shape index (κ2) is 5.05. The molecule has 5 heteroatoms. The van der Waals surface area contributed by atoms with Crippen molar-refractivity contribution in [1.29, 1.82) is 0 Å². The van der Waals surface area contributed by atoms with Gasteiger partial charge in [-0.15, -0.1) is 11.3 Å². The lowest BCUT2D eigenvalue weighted by Gasteiger charge is -2.23. The average Bonchev–Trinajstić information content (AvgIpc) is 2.95. The van der Waals surface area contributed by atoms with Gasteiger partial charge in [-0.3, -0.25) is 4.68 Å². The van der Waals surface area contributed by atoms with E-state index in [2.05, 4.69) is 45.4 Å². The first-order chi connectivity index (χ1) is 8.76. The molecule has 0 radical (unpaired) electrons. The number of hydrogen-bond donors (Lipinski definition) is 1. The van der Waals surface area contributed by atoms with E-state index in [-0.39, 0.29) is 0 Å². The van der Waals surface area contributed by atoms with Crippen molar-refractivity contribution >= 4 is 33.1 Å². The maximum atomic E-state index is 4.50. The molecule has 0 fully saturated rings. The zero-order valence-corrected chi connectivity index (χ0v) is 12.7. The highest BCUT2D eigenvalue weighted by molar-refractivity contribution is 9.11. The van der Waals surface area contributed by atoms with Crippen LogP contribution in [0.2, 0.25) is 0 Å². The fourth-order valence-corrected chi connectivity index (χ4v) is 4.28. The third kappa shape index (κ3) is 2.34. The minimum absolute atomic E-state index is 0.413. The standard InChI is InChI=1S/C13H16BrN3S/c1-2-17-7-6-13(16-17)15-10-4-3-5-11-9(10)8-12(14)18-11/h6-8,10H,2-5H2,1H3,(H,15,16). The Kier molecular flexibility index (Phi) is 3.43.